The second kappa shape index (κ2) is 8.25. The molecule has 0 aliphatic heterocycles. The molecule has 0 amide bonds. The normalized spacial score (nSPS) is 10.1. The van der Waals surface area contributed by atoms with Crippen LogP contribution in [0.15, 0.2) is 24.3 Å². The van der Waals surface area contributed by atoms with Crippen molar-refractivity contribution in [2.24, 2.45) is 0 Å². The average Bonchev–Trinajstić information content (AvgIpc) is 2.43. The highest BCUT2D eigenvalue weighted by Crippen LogP contribution is 2.09. The Morgan fingerprint density at radius 2 is 1.55 bits per heavy atom. The lowest BCUT2D eigenvalue weighted by atomic mass is 10.0. The van der Waals surface area contributed by atoms with Gasteiger partial charge in [0.2, 0.25) is 0 Å². The molecule has 0 aliphatic carbocycles. The first-order chi connectivity index (χ1) is 9.51. The van der Waals surface area contributed by atoms with Gasteiger partial charge in [0.05, 0.1) is 13.5 Å². The van der Waals surface area contributed by atoms with Crippen LogP contribution in [0.2, 0.25) is 0 Å². The van der Waals surface area contributed by atoms with Crippen LogP contribution in [0.3, 0.4) is 0 Å². The molecule has 0 saturated carbocycles. The van der Waals surface area contributed by atoms with Crippen molar-refractivity contribution in [3.63, 3.8) is 0 Å². The van der Waals surface area contributed by atoms with E-state index < -0.39 is 0 Å². The van der Waals surface area contributed by atoms with Gasteiger partial charge in [0.1, 0.15) is 11.6 Å². The number of methoxy groups -OCH3 is 1. The molecule has 0 atom stereocenters. The van der Waals surface area contributed by atoms with Crippen LogP contribution < -0.4 is 0 Å². The lowest BCUT2D eigenvalue weighted by Gasteiger charge is -2.03. The van der Waals surface area contributed by atoms with Crippen molar-refractivity contribution in [1.82, 2.24) is 0 Å². The van der Waals surface area contributed by atoms with E-state index in [4.69, 9.17) is 0 Å². The Labute approximate surface area is 119 Å². The molecule has 0 unspecified atom stereocenters. The van der Waals surface area contributed by atoms with Crippen LogP contribution in [0, 0.1) is 0 Å². The standard InChI is InChI=1S/C16H20O4/c1-12(17)11-14-5-3-13(4-6-14)7-8-15(18)9-10-16(19)20-2/h3-6H,7-11H2,1-2H3. The van der Waals surface area contributed by atoms with E-state index >= 15 is 0 Å². The highest BCUT2D eigenvalue weighted by molar-refractivity contribution is 5.83. The van der Waals surface area contributed by atoms with Crippen LogP contribution in [0.4, 0.5) is 0 Å². The van der Waals surface area contributed by atoms with Crippen molar-refractivity contribution in [2.45, 2.75) is 39.0 Å². The summed E-state index contributed by atoms with van der Waals surface area (Å²) in [6.45, 7) is 1.56. The van der Waals surface area contributed by atoms with E-state index in [1.54, 1.807) is 6.92 Å². The molecule has 1 aromatic rings. The second-order valence-corrected chi connectivity index (χ2v) is 4.81. The zero-order chi connectivity index (χ0) is 15.0. The van der Waals surface area contributed by atoms with E-state index in [1.807, 2.05) is 24.3 Å². The molecule has 1 rings (SSSR count). The number of ketones is 2. The molecule has 0 spiro atoms. The van der Waals surface area contributed by atoms with Gasteiger partial charge in [0, 0.05) is 19.3 Å². The molecular formula is C16H20O4. The van der Waals surface area contributed by atoms with E-state index in [-0.39, 0.29) is 30.4 Å². The summed E-state index contributed by atoms with van der Waals surface area (Å²) in [7, 11) is 1.31. The third-order valence-electron chi connectivity index (χ3n) is 3.00. The number of rotatable bonds is 8. The van der Waals surface area contributed by atoms with Gasteiger partial charge >= 0.3 is 5.97 Å². The molecular weight excluding hydrogens is 256 g/mol. The monoisotopic (exact) mass is 276 g/mol. The molecule has 0 aliphatic rings. The van der Waals surface area contributed by atoms with E-state index in [0.29, 0.717) is 19.3 Å². The van der Waals surface area contributed by atoms with E-state index in [9.17, 15) is 14.4 Å². The number of aryl methyl sites for hydroxylation is 1. The minimum absolute atomic E-state index is 0.0585. The average molecular weight is 276 g/mol. The number of carbonyl (C=O) groups excluding carboxylic acids is 3. The summed E-state index contributed by atoms with van der Waals surface area (Å²) in [6.07, 6.45) is 1.89. The molecule has 4 nitrogen and oxygen atoms in total. The maximum atomic E-state index is 11.6. The maximum absolute atomic E-state index is 11.6. The fourth-order valence-electron chi connectivity index (χ4n) is 1.86. The molecule has 4 heteroatoms. The van der Waals surface area contributed by atoms with Crippen molar-refractivity contribution in [2.75, 3.05) is 7.11 Å². The molecule has 0 fully saturated rings. The van der Waals surface area contributed by atoms with Crippen molar-refractivity contribution in [3.05, 3.63) is 35.4 Å². The lowest BCUT2D eigenvalue weighted by molar-refractivity contribution is -0.141. The predicted octanol–water partition coefficient (Wildman–Crippen LogP) is 2.27. The number of Topliss-reactive ketones (excluding diaryl/α,β-unsaturated/α-hetero) is 2. The molecule has 0 heterocycles. The van der Waals surface area contributed by atoms with Gasteiger partial charge in [-0.05, 0) is 24.5 Å². The highest BCUT2D eigenvalue weighted by Gasteiger charge is 2.07. The topological polar surface area (TPSA) is 60.4 Å². The number of ether oxygens (including phenoxy) is 1. The fraction of sp³-hybridized carbons (Fsp3) is 0.438. The first kappa shape index (κ1) is 16.1. The van der Waals surface area contributed by atoms with Crippen molar-refractivity contribution < 1.29 is 19.1 Å². The first-order valence-corrected chi connectivity index (χ1v) is 6.67. The minimum atomic E-state index is -0.355. The lowest BCUT2D eigenvalue weighted by Crippen LogP contribution is -2.06. The SMILES string of the molecule is COC(=O)CCC(=O)CCc1ccc(CC(C)=O)cc1. The molecule has 0 aromatic heterocycles. The Balaban J connectivity index is 2.36. The van der Waals surface area contributed by atoms with E-state index in [2.05, 4.69) is 4.74 Å². The Kier molecular flexibility index (Phi) is 6.64. The molecule has 0 radical (unpaired) electrons. The van der Waals surface area contributed by atoms with Gasteiger partial charge in [-0.3, -0.25) is 14.4 Å². The Hall–Kier alpha value is -1.97. The third-order valence-corrected chi connectivity index (χ3v) is 3.00. The van der Waals surface area contributed by atoms with Gasteiger partial charge in [0.25, 0.3) is 0 Å². The van der Waals surface area contributed by atoms with Crippen LogP contribution in [0.5, 0.6) is 0 Å². The number of benzene rings is 1. The summed E-state index contributed by atoms with van der Waals surface area (Å²) in [5, 5.41) is 0. The van der Waals surface area contributed by atoms with Gasteiger partial charge in [-0.15, -0.1) is 0 Å². The summed E-state index contributed by atoms with van der Waals surface area (Å²) < 4.78 is 4.49. The van der Waals surface area contributed by atoms with Gasteiger partial charge in [0.15, 0.2) is 0 Å². The third kappa shape index (κ3) is 6.27. The van der Waals surface area contributed by atoms with Gasteiger partial charge < -0.3 is 4.74 Å². The smallest absolute Gasteiger partial charge is 0.305 e. The van der Waals surface area contributed by atoms with E-state index in [1.165, 1.54) is 7.11 Å². The largest absolute Gasteiger partial charge is 0.469 e. The van der Waals surface area contributed by atoms with Gasteiger partial charge in [-0.2, -0.15) is 0 Å². The summed E-state index contributed by atoms with van der Waals surface area (Å²) >= 11 is 0. The van der Waals surface area contributed by atoms with Crippen molar-refractivity contribution in [3.8, 4) is 0 Å². The van der Waals surface area contributed by atoms with Gasteiger partial charge in [-0.25, -0.2) is 0 Å². The molecule has 108 valence electrons. The van der Waals surface area contributed by atoms with Crippen LogP contribution in [0.25, 0.3) is 0 Å². The Bertz CT molecular complexity index is 474. The maximum Gasteiger partial charge on any atom is 0.305 e. The molecule has 1 aromatic carbocycles. The zero-order valence-electron chi connectivity index (χ0n) is 12.0. The number of hydrogen-bond donors (Lipinski definition) is 0. The molecule has 0 saturated heterocycles. The Morgan fingerprint density at radius 3 is 2.10 bits per heavy atom. The van der Waals surface area contributed by atoms with E-state index in [0.717, 1.165) is 11.1 Å². The molecule has 0 bridgehead atoms. The molecule has 0 N–H and O–H groups in total. The van der Waals surface area contributed by atoms with Crippen LogP contribution in [-0.4, -0.2) is 24.6 Å². The summed E-state index contributed by atoms with van der Waals surface area (Å²) in [4.78, 5) is 33.5. The fourth-order valence-corrected chi connectivity index (χ4v) is 1.86. The number of esters is 1. The number of carbonyl (C=O) groups is 3. The van der Waals surface area contributed by atoms with Gasteiger partial charge in [-0.1, -0.05) is 24.3 Å². The van der Waals surface area contributed by atoms with Crippen LogP contribution >= 0.6 is 0 Å². The van der Waals surface area contributed by atoms with Crippen molar-refractivity contribution in [1.29, 1.82) is 0 Å². The first-order valence-electron chi connectivity index (χ1n) is 6.67. The zero-order valence-corrected chi connectivity index (χ0v) is 12.0. The van der Waals surface area contributed by atoms with Crippen LogP contribution in [0.1, 0.15) is 37.3 Å². The molecule has 20 heavy (non-hydrogen) atoms. The van der Waals surface area contributed by atoms with Crippen LogP contribution in [-0.2, 0) is 32.0 Å². The number of hydrogen-bond acceptors (Lipinski definition) is 4. The quantitative estimate of drug-likeness (QED) is 0.683. The van der Waals surface area contributed by atoms with Crippen molar-refractivity contribution >= 4 is 17.5 Å². The summed E-state index contributed by atoms with van der Waals surface area (Å²) in [6, 6.07) is 7.70. The summed E-state index contributed by atoms with van der Waals surface area (Å²) in [5.41, 5.74) is 2.04. The Morgan fingerprint density at radius 1 is 0.950 bits per heavy atom. The minimum Gasteiger partial charge on any atom is -0.469 e. The summed E-state index contributed by atoms with van der Waals surface area (Å²) in [5.74, 6) is -0.161. The predicted molar refractivity (Wildman–Crippen MR) is 75.4 cm³/mol. The highest BCUT2D eigenvalue weighted by atomic mass is 16.5. The second-order valence-electron chi connectivity index (χ2n) is 4.81.